The molecule has 0 saturated heterocycles. The largest absolute Gasteiger partial charge is 0.490 e. The van der Waals surface area contributed by atoms with Gasteiger partial charge in [-0.05, 0) is 30.2 Å². The zero-order chi connectivity index (χ0) is 18.6. The van der Waals surface area contributed by atoms with Crippen LogP contribution in [0.3, 0.4) is 0 Å². The predicted molar refractivity (Wildman–Crippen MR) is 106 cm³/mol. The quantitative estimate of drug-likeness (QED) is 0.511. The SMILES string of the molecule is CCOc1cc(CNCCOCCO)c(Br)cc1OCc1ccccc1. The summed E-state index contributed by atoms with van der Waals surface area (Å²) in [5.74, 6) is 1.46. The van der Waals surface area contributed by atoms with E-state index in [1.807, 2.05) is 49.4 Å². The van der Waals surface area contributed by atoms with E-state index in [2.05, 4.69) is 21.2 Å². The van der Waals surface area contributed by atoms with E-state index in [0.29, 0.717) is 39.5 Å². The van der Waals surface area contributed by atoms with Crippen molar-refractivity contribution in [2.24, 2.45) is 0 Å². The molecule has 6 heteroatoms. The molecule has 5 nitrogen and oxygen atoms in total. The molecule has 2 N–H and O–H groups in total. The van der Waals surface area contributed by atoms with Crippen LogP contribution in [0.5, 0.6) is 11.5 Å². The van der Waals surface area contributed by atoms with Gasteiger partial charge < -0.3 is 24.6 Å². The smallest absolute Gasteiger partial charge is 0.162 e. The highest BCUT2D eigenvalue weighted by Gasteiger charge is 2.11. The second-order valence-corrected chi connectivity index (χ2v) is 6.46. The second-order valence-electron chi connectivity index (χ2n) is 5.61. The molecular weight excluding hydrogens is 398 g/mol. The third-order valence-electron chi connectivity index (χ3n) is 3.62. The van der Waals surface area contributed by atoms with Gasteiger partial charge in [-0.25, -0.2) is 0 Å². The molecule has 0 aliphatic rings. The average Bonchev–Trinajstić information content (AvgIpc) is 2.66. The summed E-state index contributed by atoms with van der Waals surface area (Å²) >= 11 is 3.61. The van der Waals surface area contributed by atoms with Crippen LogP contribution in [-0.4, -0.2) is 38.1 Å². The van der Waals surface area contributed by atoms with Crippen molar-refractivity contribution in [2.45, 2.75) is 20.1 Å². The van der Waals surface area contributed by atoms with Crippen molar-refractivity contribution >= 4 is 15.9 Å². The van der Waals surface area contributed by atoms with Gasteiger partial charge in [0.1, 0.15) is 6.61 Å². The number of rotatable bonds is 12. The number of hydrogen-bond donors (Lipinski definition) is 2. The first-order valence-electron chi connectivity index (χ1n) is 8.75. The molecular formula is C20H26BrNO4. The van der Waals surface area contributed by atoms with Crippen molar-refractivity contribution in [3.8, 4) is 11.5 Å². The Hall–Kier alpha value is -1.60. The van der Waals surface area contributed by atoms with Crippen molar-refractivity contribution in [1.29, 1.82) is 0 Å². The molecule has 142 valence electrons. The van der Waals surface area contributed by atoms with Crippen LogP contribution < -0.4 is 14.8 Å². The lowest BCUT2D eigenvalue weighted by molar-refractivity contribution is 0.0938. The number of hydrogen-bond acceptors (Lipinski definition) is 5. The summed E-state index contributed by atoms with van der Waals surface area (Å²) in [6.07, 6.45) is 0. The molecule has 0 aliphatic heterocycles. The predicted octanol–water partition coefficient (Wildman–Crippen LogP) is 3.53. The highest BCUT2D eigenvalue weighted by molar-refractivity contribution is 9.10. The zero-order valence-electron chi connectivity index (χ0n) is 15.0. The Kier molecular flexibility index (Phi) is 9.48. The molecule has 0 bridgehead atoms. The molecule has 2 rings (SSSR count). The van der Waals surface area contributed by atoms with Crippen LogP contribution in [0.15, 0.2) is 46.9 Å². The first-order valence-corrected chi connectivity index (χ1v) is 9.55. The molecule has 0 fully saturated rings. The molecule has 0 saturated carbocycles. The summed E-state index contributed by atoms with van der Waals surface area (Å²) in [6, 6.07) is 14.0. The topological polar surface area (TPSA) is 60.0 Å². The van der Waals surface area contributed by atoms with E-state index in [1.165, 1.54) is 0 Å². The Morgan fingerprint density at radius 3 is 2.54 bits per heavy atom. The van der Waals surface area contributed by atoms with Crippen molar-refractivity contribution in [3.63, 3.8) is 0 Å². The Labute approximate surface area is 163 Å². The van der Waals surface area contributed by atoms with Crippen LogP contribution in [0, 0.1) is 0 Å². The van der Waals surface area contributed by atoms with Gasteiger partial charge in [-0.2, -0.15) is 0 Å². The van der Waals surface area contributed by atoms with E-state index >= 15 is 0 Å². The molecule has 2 aromatic rings. The van der Waals surface area contributed by atoms with Gasteiger partial charge in [0, 0.05) is 17.6 Å². The van der Waals surface area contributed by atoms with Gasteiger partial charge in [-0.1, -0.05) is 46.3 Å². The molecule has 0 aromatic heterocycles. The van der Waals surface area contributed by atoms with E-state index in [1.54, 1.807) is 0 Å². The first-order chi connectivity index (χ1) is 12.7. The van der Waals surface area contributed by atoms with Crippen LogP contribution in [0.25, 0.3) is 0 Å². The molecule has 0 atom stereocenters. The fraction of sp³-hybridized carbons (Fsp3) is 0.400. The maximum Gasteiger partial charge on any atom is 0.162 e. The fourth-order valence-corrected chi connectivity index (χ4v) is 2.83. The lowest BCUT2D eigenvalue weighted by Gasteiger charge is -2.15. The Morgan fingerprint density at radius 2 is 1.81 bits per heavy atom. The average molecular weight is 424 g/mol. The molecule has 0 aliphatic carbocycles. The van der Waals surface area contributed by atoms with Crippen LogP contribution in [0.1, 0.15) is 18.1 Å². The summed E-state index contributed by atoms with van der Waals surface area (Å²) in [6.45, 7) is 5.40. The minimum Gasteiger partial charge on any atom is -0.490 e. The minimum absolute atomic E-state index is 0.0493. The number of aliphatic hydroxyl groups excluding tert-OH is 1. The summed E-state index contributed by atoms with van der Waals surface area (Å²) < 4.78 is 17.9. The van der Waals surface area contributed by atoms with Gasteiger partial charge in [0.2, 0.25) is 0 Å². The monoisotopic (exact) mass is 423 g/mol. The lowest BCUT2D eigenvalue weighted by atomic mass is 10.2. The van der Waals surface area contributed by atoms with Crippen LogP contribution >= 0.6 is 15.9 Å². The Bertz CT molecular complexity index is 652. The second kappa shape index (κ2) is 11.9. The third kappa shape index (κ3) is 6.96. The van der Waals surface area contributed by atoms with E-state index < -0.39 is 0 Å². The Morgan fingerprint density at radius 1 is 1.04 bits per heavy atom. The molecule has 2 aromatic carbocycles. The van der Waals surface area contributed by atoms with Gasteiger partial charge in [-0.3, -0.25) is 0 Å². The molecule has 0 radical (unpaired) electrons. The number of nitrogens with one attached hydrogen (secondary N) is 1. The number of benzene rings is 2. The van der Waals surface area contributed by atoms with Crippen LogP contribution in [0.4, 0.5) is 0 Å². The first kappa shape index (κ1) is 20.7. The number of aliphatic hydroxyl groups is 1. The van der Waals surface area contributed by atoms with Crippen LogP contribution in [-0.2, 0) is 17.9 Å². The highest BCUT2D eigenvalue weighted by Crippen LogP contribution is 2.34. The lowest BCUT2D eigenvalue weighted by Crippen LogP contribution is -2.20. The molecule has 0 unspecified atom stereocenters. The molecule has 0 heterocycles. The highest BCUT2D eigenvalue weighted by atomic mass is 79.9. The summed E-state index contributed by atoms with van der Waals surface area (Å²) in [4.78, 5) is 0. The van der Waals surface area contributed by atoms with E-state index in [9.17, 15) is 0 Å². The van der Waals surface area contributed by atoms with Crippen molar-refractivity contribution in [3.05, 3.63) is 58.1 Å². The van der Waals surface area contributed by atoms with E-state index in [0.717, 1.165) is 27.1 Å². The normalized spacial score (nSPS) is 10.7. The maximum absolute atomic E-state index is 8.68. The van der Waals surface area contributed by atoms with Crippen LogP contribution in [0.2, 0.25) is 0 Å². The standard InChI is InChI=1S/C20H26BrNO4/c1-2-25-19-12-17(14-22-8-10-24-11-9-23)18(21)13-20(19)26-15-16-6-4-3-5-7-16/h3-7,12-13,22-23H,2,8-11,14-15H2,1H3. The van der Waals surface area contributed by atoms with Gasteiger partial charge in [0.15, 0.2) is 11.5 Å². The Balaban J connectivity index is 1.97. The van der Waals surface area contributed by atoms with Crippen molar-refractivity contribution in [2.75, 3.05) is 33.0 Å². The van der Waals surface area contributed by atoms with Crippen molar-refractivity contribution < 1.29 is 19.3 Å². The summed E-state index contributed by atoms with van der Waals surface area (Å²) in [5.41, 5.74) is 2.20. The summed E-state index contributed by atoms with van der Waals surface area (Å²) in [7, 11) is 0. The zero-order valence-corrected chi connectivity index (χ0v) is 16.6. The van der Waals surface area contributed by atoms with E-state index in [4.69, 9.17) is 19.3 Å². The van der Waals surface area contributed by atoms with E-state index in [-0.39, 0.29) is 6.61 Å². The van der Waals surface area contributed by atoms with Gasteiger partial charge in [0.05, 0.1) is 26.4 Å². The minimum atomic E-state index is 0.0493. The van der Waals surface area contributed by atoms with Crippen molar-refractivity contribution in [1.82, 2.24) is 5.32 Å². The summed E-state index contributed by atoms with van der Waals surface area (Å²) in [5, 5.41) is 12.0. The van der Waals surface area contributed by atoms with Gasteiger partial charge >= 0.3 is 0 Å². The molecule has 26 heavy (non-hydrogen) atoms. The molecule has 0 spiro atoms. The van der Waals surface area contributed by atoms with Gasteiger partial charge in [0.25, 0.3) is 0 Å². The van der Waals surface area contributed by atoms with Gasteiger partial charge in [-0.15, -0.1) is 0 Å². The number of ether oxygens (including phenoxy) is 3. The molecule has 0 amide bonds. The number of halogens is 1. The maximum atomic E-state index is 8.68. The fourth-order valence-electron chi connectivity index (χ4n) is 2.36. The third-order valence-corrected chi connectivity index (χ3v) is 4.36.